The van der Waals surface area contributed by atoms with E-state index in [-0.39, 0.29) is 18.1 Å². The van der Waals surface area contributed by atoms with Crippen LogP contribution in [-0.2, 0) is 4.74 Å². The molecular formula is C13H28ClNO. The molecule has 0 radical (unpaired) electrons. The van der Waals surface area contributed by atoms with Gasteiger partial charge < -0.3 is 17.1 Å². The van der Waals surface area contributed by atoms with Crippen molar-refractivity contribution in [2.75, 3.05) is 27.2 Å². The lowest BCUT2D eigenvalue weighted by molar-refractivity contribution is -0.935. The van der Waals surface area contributed by atoms with Crippen molar-refractivity contribution in [2.45, 2.75) is 58.1 Å². The third kappa shape index (κ3) is 4.60. The molecule has 2 nitrogen and oxygen atoms in total. The van der Waals surface area contributed by atoms with E-state index >= 15 is 0 Å². The number of ether oxygens (including phenoxy) is 1. The van der Waals surface area contributed by atoms with Crippen molar-refractivity contribution >= 4 is 0 Å². The topological polar surface area (TPSA) is 12.5 Å². The van der Waals surface area contributed by atoms with Crippen LogP contribution in [0.3, 0.4) is 0 Å². The molecule has 1 rings (SSSR count). The van der Waals surface area contributed by atoms with Gasteiger partial charge >= 0.3 is 0 Å². The van der Waals surface area contributed by atoms with Gasteiger partial charge in [-0.1, -0.05) is 32.6 Å². The van der Waals surface area contributed by atoms with Gasteiger partial charge in [-0.3, -0.25) is 4.48 Å². The van der Waals surface area contributed by atoms with E-state index < -0.39 is 0 Å². The molecule has 0 spiro atoms. The van der Waals surface area contributed by atoms with Crippen LogP contribution < -0.4 is 12.4 Å². The molecule has 1 fully saturated rings. The average molecular weight is 250 g/mol. The minimum Gasteiger partial charge on any atom is -1.00 e. The summed E-state index contributed by atoms with van der Waals surface area (Å²) in [5, 5.41) is 0. The van der Waals surface area contributed by atoms with Gasteiger partial charge in [-0.15, -0.1) is 0 Å². The fourth-order valence-electron chi connectivity index (χ4n) is 1.98. The number of halogens is 1. The van der Waals surface area contributed by atoms with E-state index in [4.69, 9.17) is 4.74 Å². The molecule has 1 heterocycles. The lowest BCUT2D eigenvalue weighted by Crippen LogP contribution is -3.00. The Morgan fingerprint density at radius 2 is 1.56 bits per heavy atom. The standard InChI is InChI=1S/C13H28NO.ClH/c1-5-6-7-8-9-10-11-14(3,4)13(2)12-15-13;/h5-12H2,1-4H3;1H/q+1;/p-1. The Labute approximate surface area is 107 Å². The zero-order valence-corrected chi connectivity index (χ0v) is 12.1. The minimum atomic E-state index is 0. The molecule has 0 amide bonds. The van der Waals surface area contributed by atoms with Crippen LogP contribution in [0.15, 0.2) is 0 Å². The van der Waals surface area contributed by atoms with E-state index in [9.17, 15) is 0 Å². The zero-order valence-electron chi connectivity index (χ0n) is 11.4. The number of epoxide rings is 1. The van der Waals surface area contributed by atoms with Crippen LogP contribution in [0.2, 0.25) is 0 Å². The highest BCUT2D eigenvalue weighted by Crippen LogP contribution is 2.34. The molecule has 1 unspecified atom stereocenters. The second-order valence-electron chi connectivity index (χ2n) is 5.64. The SMILES string of the molecule is CCCCCCCC[N+](C)(C)C1(C)CO1.[Cl-]. The second-order valence-corrected chi connectivity index (χ2v) is 5.64. The molecule has 98 valence electrons. The van der Waals surface area contributed by atoms with Crippen molar-refractivity contribution in [3.63, 3.8) is 0 Å². The summed E-state index contributed by atoms with van der Waals surface area (Å²) in [4.78, 5) is 0. The van der Waals surface area contributed by atoms with Gasteiger partial charge in [0.05, 0.1) is 20.6 Å². The smallest absolute Gasteiger partial charge is 0.224 e. The summed E-state index contributed by atoms with van der Waals surface area (Å²) < 4.78 is 6.56. The van der Waals surface area contributed by atoms with Gasteiger partial charge in [-0.05, 0) is 12.8 Å². The maximum absolute atomic E-state index is 5.53. The van der Waals surface area contributed by atoms with Gasteiger partial charge in [0, 0.05) is 6.92 Å². The van der Waals surface area contributed by atoms with E-state index in [2.05, 4.69) is 27.9 Å². The third-order valence-corrected chi connectivity index (χ3v) is 3.91. The van der Waals surface area contributed by atoms with Crippen LogP contribution in [0.25, 0.3) is 0 Å². The average Bonchev–Trinajstić information content (AvgIpc) is 2.91. The van der Waals surface area contributed by atoms with E-state index in [0.717, 1.165) is 11.1 Å². The van der Waals surface area contributed by atoms with Crippen LogP contribution in [0.4, 0.5) is 0 Å². The predicted molar refractivity (Wildman–Crippen MR) is 64.7 cm³/mol. The fourth-order valence-corrected chi connectivity index (χ4v) is 1.98. The highest BCUT2D eigenvalue weighted by atomic mass is 35.5. The highest BCUT2D eigenvalue weighted by molar-refractivity contribution is 4.75. The first kappa shape index (κ1) is 16.2. The monoisotopic (exact) mass is 249 g/mol. The van der Waals surface area contributed by atoms with Gasteiger partial charge in [-0.2, -0.15) is 0 Å². The quantitative estimate of drug-likeness (QED) is 0.340. The molecule has 0 N–H and O–H groups in total. The van der Waals surface area contributed by atoms with E-state index in [1.807, 2.05) is 0 Å². The van der Waals surface area contributed by atoms with Gasteiger partial charge in [-0.25, -0.2) is 0 Å². The van der Waals surface area contributed by atoms with Gasteiger partial charge in [0.25, 0.3) is 0 Å². The molecule has 1 aliphatic heterocycles. The molecule has 0 aromatic carbocycles. The van der Waals surface area contributed by atoms with Crippen molar-refractivity contribution in [3.8, 4) is 0 Å². The van der Waals surface area contributed by atoms with Gasteiger partial charge in [0.1, 0.15) is 6.61 Å². The summed E-state index contributed by atoms with van der Waals surface area (Å²) in [5.74, 6) is 0. The zero-order chi connectivity index (χ0) is 11.4. The van der Waals surface area contributed by atoms with Crippen molar-refractivity contribution in [1.82, 2.24) is 0 Å². The molecule has 1 atom stereocenters. The number of nitrogens with zero attached hydrogens (tertiary/aromatic N) is 1. The minimum absolute atomic E-state index is 0. The van der Waals surface area contributed by atoms with E-state index in [1.165, 1.54) is 45.1 Å². The summed E-state index contributed by atoms with van der Waals surface area (Å²) in [5.41, 5.74) is 0.128. The summed E-state index contributed by atoms with van der Waals surface area (Å²) in [6, 6.07) is 0. The number of quaternary nitrogens is 1. The number of likely N-dealkylation sites (N-methyl/N-ethyl adjacent to an activating group) is 1. The Hall–Kier alpha value is 0.210. The molecule has 0 bridgehead atoms. The number of hydrogen-bond donors (Lipinski definition) is 0. The molecule has 0 saturated carbocycles. The van der Waals surface area contributed by atoms with Crippen molar-refractivity contribution in [2.24, 2.45) is 0 Å². The molecule has 1 aliphatic rings. The first-order valence-corrected chi connectivity index (χ1v) is 6.49. The maximum Gasteiger partial charge on any atom is 0.224 e. The molecule has 16 heavy (non-hydrogen) atoms. The van der Waals surface area contributed by atoms with E-state index in [1.54, 1.807) is 0 Å². The summed E-state index contributed by atoms with van der Waals surface area (Å²) in [6.45, 7) is 6.69. The largest absolute Gasteiger partial charge is 1.00 e. The lowest BCUT2D eigenvalue weighted by atomic mass is 10.1. The van der Waals surface area contributed by atoms with Crippen LogP contribution in [0.5, 0.6) is 0 Å². The Morgan fingerprint density at radius 1 is 1.06 bits per heavy atom. The number of unbranched alkanes of at least 4 members (excludes halogenated alkanes) is 5. The molecule has 0 aliphatic carbocycles. The predicted octanol–water partition coefficient (Wildman–Crippen LogP) is 0.174. The Bertz CT molecular complexity index is 190. The van der Waals surface area contributed by atoms with Crippen molar-refractivity contribution in [1.29, 1.82) is 0 Å². The summed E-state index contributed by atoms with van der Waals surface area (Å²) >= 11 is 0. The van der Waals surface area contributed by atoms with Crippen LogP contribution in [-0.4, -0.2) is 37.5 Å². The van der Waals surface area contributed by atoms with Crippen molar-refractivity contribution in [3.05, 3.63) is 0 Å². The van der Waals surface area contributed by atoms with Crippen molar-refractivity contribution < 1.29 is 21.6 Å². The number of rotatable bonds is 8. The normalized spacial score (nSPS) is 24.0. The van der Waals surface area contributed by atoms with Crippen LogP contribution in [0.1, 0.15) is 52.4 Å². The van der Waals surface area contributed by atoms with E-state index in [0.29, 0.717) is 0 Å². The van der Waals surface area contributed by atoms with Gasteiger partial charge in [0.15, 0.2) is 0 Å². The first-order chi connectivity index (χ1) is 7.02. The Balaban J connectivity index is 0.00000225. The summed E-state index contributed by atoms with van der Waals surface area (Å²) in [7, 11) is 4.58. The Morgan fingerprint density at radius 3 is 2.06 bits per heavy atom. The van der Waals surface area contributed by atoms with Crippen LogP contribution in [0, 0.1) is 0 Å². The van der Waals surface area contributed by atoms with Gasteiger partial charge in [0.2, 0.25) is 5.72 Å². The molecule has 3 heteroatoms. The van der Waals surface area contributed by atoms with Crippen LogP contribution >= 0.6 is 0 Å². The Kier molecular flexibility index (Phi) is 6.92. The third-order valence-electron chi connectivity index (χ3n) is 3.91. The lowest BCUT2D eigenvalue weighted by Gasteiger charge is -2.33. The summed E-state index contributed by atoms with van der Waals surface area (Å²) in [6.07, 6.45) is 8.29. The highest BCUT2D eigenvalue weighted by Gasteiger charge is 2.53. The second kappa shape index (κ2) is 6.83. The first-order valence-electron chi connectivity index (χ1n) is 6.49. The molecular weight excluding hydrogens is 222 g/mol. The maximum atomic E-state index is 5.53. The molecule has 0 aromatic heterocycles. The molecule has 0 aromatic rings. The fraction of sp³-hybridized carbons (Fsp3) is 1.00. The number of hydrogen-bond acceptors (Lipinski definition) is 1. The molecule has 1 saturated heterocycles.